The highest BCUT2D eigenvalue weighted by molar-refractivity contribution is 5.85. The van der Waals surface area contributed by atoms with Crippen molar-refractivity contribution in [2.24, 2.45) is 29.1 Å². The Bertz CT molecular complexity index is 783. The zero-order valence-electron chi connectivity index (χ0n) is 19.0. The van der Waals surface area contributed by atoms with Gasteiger partial charge in [0.2, 0.25) is 0 Å². The summed E-state index contributed by atoms with van der Waals surface area (Å²) in [4.78, 5) is 35.0. The highest BCUT2D eigenvalue weighted by Crippen LogP contribution is 2.62. The zero-order chi connectivity index (χ0) is 22.4. The predicted octanol–water partition coefficient (Wildman–Crippen LogP) is 3.20. The van der Waals surface area contributed by atoms with Crippen LogP contribution in [0.5, 0.6) is 0 Å². The van der Waals surface area contributed by atoms with E-state index >= 15 is 0 Å². The molecule has 2 heterocycles. The number of rotatable bonds is 6. The molecule has 2 saturated carbocycles. The number of hydrogen-bond acceptors (Lipinski definition) is 7. The van der Waals surface area contributed by atoms with E-state index < -0.39 is 0 Å². The van der Waals surface area contributed by atoms with Crippen molar-refractivity contribution in [2.45, 2.75) is 71.5 Å². The van der Waals surface area contributed by atoms with Crippen molar-refractivity contribution in [3.8, 4) is 0 Å². The minimum absolute atomic E-state index is 0.0127. The highest BCUT2D eigenvalue weighted by Gasteiger charge is 2.65. The molecule has 1 saturated heterocycles. The number of esters is 3. The second kappa shape index (κ2) is 8.23. The van der Waals surface area contributed by atoms with Crippen LogP contribution in [0, 0.1) is 29.1 Å². The van der Waals surface area contributed by atoms with Crippen molar-refractivity contribution in [1.29, 1.82) is 0 Å². The molecule has 0 aromatic rings. The van der Waals surface area contributed by atoms with Crippen LogP contribution in [0.1, 0.15) is 59.8 Å². The van der Waals surface area contributed by atoms with Gasteiger partial charge in [-0.3, -0.25) is 9.59 Å². The average molecular weight is 435 g/mol. The average Bonchev–Trinajstić information content (AvgIpc) is 3.34. The summed E-state index contributed by atoms with van der Waals surface area (Å²) >= 11 is 0. The Balaban J connectivity index is 1.61. The lowest BCUT2D eigenvalue weighted by atomic mass is 9.48. The van der Waals surface area contributed by atoms with Gasteiger partial charge in [0.25, 0.3) is 0 Å². The summed E-state index contributed by atoms with van der Waals surface area (Å²) in [7, 11) is 0. The van der Waals surface area contributed by atoms with Gasteiger partial charge in [-0.1, -0.05) is 13.8 Å². The molecule has 0 bridgehead atoms. The van der Waals surface area contributed by atoms with E-state index in [1.807, 2.05) is 0 Å². The van der Waals surface area contributed by atoms with Gasteiger partial charge in [-0.05, 0) is 54.9 Å². The molecule has 4 aliphatic rings. The fourth-order valence-electron chi connectivity index (χ4n) is 6.52. The summed E-state index contributed by atoms with van der Waals surface area (Å²) < 4.78 is 22.4. The molecule has 0 aromatic carbocycles. The molecule has 0 radical (unpaired) electrons. The molecule has 31 heavy (non-hydrogen) atoms. The minimum Gasteiger partial charge on any atom is -0.465 e. The quantitative estimate of drug-likeness (QED) is 0.360. The molecule has 7 atom stereocenters. The van der Waals surface area contributed by atoms with E-state index in [9.17, 15) is 14.4 Å². The number of carbonyl (C=O) groups is 3. The summed E-state index contributed by atoms with van der Waals surface area (Å²) in [6.07, 6.45) is 5.88. The van der Waals surface area contributed by atoms with Crippen LogP contribution in [-0.4, -0.2) is 49.4 Å². The maximum Gasteiger partial charge on any atom is 0.331 e. The number of cyclic esters (lactones) is 1. The van der Waals surface area contributed by atoms with Gasteiger partial charge in [0.15, 0.2) is 0 Å². The van der Waals surface area contributed by atoms with Crippen molar-refractivity contribution in [2.75, 3.05) is 19.8 Å². The Morgan fingerprint density at radius 1 is 1.26 bits per heavy atom. The number of ether oxygens (including phenoxy) is 4. The lowest BCUT2D eigenvalue weighted by molar-refractivity contribution is -0.183. The third-order valence-corrected chi connectivity index (χ3v) is 8.48. The predicted molar refractivity (Wildman–Crippen MR) is 111 cm³/mol. The van der Waals surface area contributed by atoms with Gasteiger partial charge >= 0.3 is 17.9 Å². The van der Waals surface area contributed by atoms with Gasteiger partial charge in [0.1, 0.15) is 12.7 Å². The molecule has 2 aliphatic carbocycles. The highest BCUT2D eigenvalue weighted by atomic mass is 16.6. The first-order valence-electron chi connectivity index (χ1n) is 11.5. The van der Waals surface area contributed by atoms with Gasteiger partial charge in [-0.2, -0.15) is 0 Å². The molecule has 4 rings (SSSR count). The van der Waals surface area contributed by atoms with Crippen molar-refractivity contribution in [1.82, 2.24) is 0 Å². The SMILES string of the molecule is CC(=O)OCC1C2C(OC(C)=O)CC(C)C(C)(CCC3=CC(=O)OC3)C2CCC12CO2. The maximum atomic E-state index is 11.9. The summed E-state index contributed by atoms with van der Waals surface area (Å²) in [6.45, 7) is 8.84. The zero-order valence-corrected chi connectivity index (χ0v) is 19.0. The summed E-state index contributed by atoms with van der Waals surface area (Å²) in [5.41, 5.74) is 0.801. The molecule has 3 fully saturated rings. The van der Waals surface area contributed by atoms with Crippen molar-refractivity contribution in [3.05, 3.63) is 11.6 Å². The van der Waals surface area contributed by atoms with Crippen LogP contribution in [-0.2, 0) is 33.3 Å². The van der Waals surface area contributed by atoms with Crippen LogP contribution in [0.4, 0.5) is 0 Å². The molecule has 172 valence electrons. The number of hydrogen-bond donors (Lipinski definition) is 0. The van der Waals surface area contributed by atoms with Gasteiger partial charge in [-0.15, -0.1) is 0 Å². The lowest BCUT2D eigenvalue weighted by Gasteiger charge is -2.58. The van der Waals surface area contributed by atoms with Gasteiger partial charge in [0, 0.05) is 31.8 Å². The molecule has 2 aliphatic heterocycles. The van der Waals surface area contributed by atoms with E-state index in [-0.39, 0.29) is 46.9 Å². The Kier molecular flexibility index (Phi) is 5.92. The fourth-order valence-corrected chi connectivity index (χ4v) is 6.52. The maximum absolute atomic E-state index is 11.9. The fraction of sp³-hybridized carbons (Fsp3) is 0.792. The molecule has 0 N–H and O–H groups in total. The largest absolute Gasteiger partial charge is 0.465 e. The van der Waals surface area contributed by atoms with Crippen molar-refractivity contribution < 1.29 is 33.3 Å². The molecule has 0 amide bonds. The number of epoxide rings is 1. The van der Waals surface area contributed by atoms with Crippen LogP contribution < -0.4 is 0 Å². The molecular weight excluding hydrogens is 400 g/mol. The third-order valence-electron chi connectivity index (χ3n) is 8.48. The van der Waals surface area contributed by atoms with Gasteiger partial charge < -0.3 is 18.9 Å². The Morgan fingerprint density at radius 2 is 2.00 bits per heavy atom. The Labute approximate surface area is 183 Å². The van der Waals surface area contributed by atoms with Crippen LogP contribution in [0.3, 0.4) is 0 Å². The first-order chi connectivity index (χ1) is 14.6. The molecular formula is C24H34O7. The first kappa shape index (κ1) is 22.3. The summed E-state index contributed by atoms with van der Waals surface area (Å²) in [5.74, 6) is -0.0647. The normalized spacial score (nSPS) is 41.2. The second-order valence-electron chi connectivity index (χ2n) is 10.2. The second-order valence-corrected chi connectivity index (χ2v) is 10.2. The first-order valence-corrected chi connectivity index (χ1v) is 11.5. The molecule has 0 aromatic heterocycles. The molecule has 7 nitrogen and oxygen atoms in total. The summed E-state index contributed by atoms with van der Waals surface area (Å²) in [6, 6.07) is 0. The van der Waals surface area contributed by atoms with E-state index in [4.69, 9.17) is 18.9 Å². The molecule has 1 spiro atoms. The minimum atomic E-state index is -0.299. The van der Waals surface area contributed by atoms with E-state index in [1.54, 1.807) is 6.08 Å². The third kappa shape index (κ3) is 4.26. The van der Waals surface area contributed by atoms with Gasteiger partial charge in [0.05, 0.1) is 18.8 Å². The van der Waals surface area contributed by atoms with E-state index in [0.717, 1.165) is 37.7 Å². The van der Waals surface area contributed by atoms with Crippen LogP contribution in [0.2, 0.25) is 0 Å². The van der Waals surface area contributed by atoms with Crippen molar-refractivity contribution >= 4 is 17.9 Å². The Morgan fingerprint density at radius 3 is 2.58 bits per heavy atom. The van der Waals surface area contributed by atoms with Crippen LogP contribution >= 0.6 is 0 Å². The molecule has 7 unspecified atom stereocenters. The topological polar surface area (TPSA) is 91.4 Å². The summed E-state index contributed by atoms with van der Waals surface area (Å²) in [5, 5.41) is 0. The van der Waals surface area contributed by atoms with Crippen LogP contribution in [0.15, 0.2) is 11.6 Å². The van der Waals surface area contributed by atoms with Gasteiger partial charge in [-0.25, -0.2) is 4.79 Å². The van der Waals surface area contributed by atoms with Crippen LogP contribution in [0.25, 0.3) is 0 Å². The monoisotopic (exact) mass is 434 g/mol. The van der Waals surface area contributed by atoms with E-state index in [2.05, 4.69) is 13.8 Å². The lowest BCUT2D eigenvalue weighted by Crippen LogP contribution is -2.58. The van der Waals surface area contributed by atoms with Crippen molar-refractivity contribution in [3.63, 3.8) is 0 Å². The Hall–Kier alpha value is -1.89. The number of carbonyl (C=O) groups excluding carboxylic acids is 3. The standard InChI is InChI=1S/C24H34O7/c1-14-9-20(31-16(3)26)22-18(23(14,4)7-5-17-10-21(27)29-11-17)6-8-24(13-30-24)19(22)12-28-15(2)25/h10,14,18-20,22H,5-9,11-13H2,1-4H3. The van der Waals surface area contributed by atoms with E-state index in [1.165, 1.54) is 13.8 Å². The smallest absolute Gasteiger partial charge is 0.331 e. The molecule has 7 heteroatoms. The number of fused-ring (bicyclic) bond motifs is 1. The van der Waals surface area contributed by atoms with E-state index in [0.29, 0.717) is 31.7 Å².